The Balaban J connectivity index is 2.41. The summed E-state index contributed by atoms with van der Waals surface area (Å²) in [6.07, 6.45) is 8.61. The second-order valence-electron chi connectivity index (χ2n) is 2.06. The van der Waals surface area contributed by atoms with E-state index in [4.69, 9.17) is 0 Å². The second kappa shape index (κ2) is 2.15. The molecule has 1 radical (unpaired) electrons. The van der Waals surface area contributed by atoms with Crippen LogP contribution in [0.3, 0.4) is 0 Å². The van der Waals surface area contributed by atoms with Crippen molar-refractivity contribution in [1.29, 1.82) is 0 Å². The molecule has 0 bridgehead atoms. The van der Waals surface area contributed by atoms with E-state index >= 15 is 0 Å². The molecule has 0 aromatic heterocycles. The minimum absolute atomic E-state index is 1.32. The van der Waals surface area contributed by atoms with E-state index in [1.807, 2.05) is 6.92 Å². The first kappa shape index (κ1) is 4.89. The zero-order chi connectivity index (χ0) is 5.11. The van der Waals surface area contributed by atoms with Crippen LogP contribution >= 0.6 is 0 Å². The molecular weight excluding hydrogens is 84.1 g/mol. The lowest BCUT2D eigenvalue weighted by Gasteiger charge is -1.84. The summed E-state index contributed by atoms with van der Waals surface area (Å²) in [4.78, 5) is 0. The molecule has 1 rings (SSSR count). The maximum absolute atomic E-state index is 3.18. The minimum atomic E-state index is 1.32. The predicted molar refractivity (Wildman–Crippen MR) is 30.9 cm³/mol. The molecule has 0 N–H and O–H groups in total. The normalized spacial score (nSPS) is 20.4. The van der Waals surface area contributed by atoms with Crippen molar-refractivity contribution in [3.8, 4) is 0 Å². The molecule has 0 unspecified atom stereocenters. The quantitative estimate of drug-likeness (QED) is 0.433. The Morgan fingerprint density at radius 1 is 1.29 bits per heavy atom. The van der Waals surface area contributed by atoms with Crippen LogP contribution in [0.4, 0.5) is 0 Å². The summed E-state index contributed by atoms with van der Waals surface area (Å²) in [5.74, 6) is 0. The SMILES string of the molecule is C[C]=C1CCCC1. The Bertz CT molecular complexity index is 72.0. The molecule has 0 heteroatoms. The highest BCUT2D eigenvalue weighted by atomic mass is 14.1. The monoisotopic (exact) mass is 95.1 g/mol. The van der Waals surface area contributed by atoms with Crippen LogP contribution in [0.15, 0.2) is 5.57 Å². The summed E-state index contributed by atoms with van der Waals surface area (Å²) >= 11 is 0. The molecule has 0 aromatic carbocycles. The molecule has 39 valence electrons. The molecule has 0 spiro atoms. The fourth-order valence-electron chi connectivity index (χ4n) is 1.05. The molecule has 0 nitrogen and oxygen atoms in total. The van der Waals surface area contributed by atoms with Crippen molar-refractivity contribution in [2.24, 2.45) is 0 Å². The summed E-state index contributed by atoms with van der Waals surface area (Å²) in [5, 5.41) is 0. The Hall–Kier alpha value is -0.260. The van der Waals surface area contributed by atoms with Crippen molar-refractivity contribution >= 4 is 0 Å². The van der Waals surface area contributed by atoms with Crippen molar-refractivity contribution in [3.05, 3.63) is 11.6 Å². The fraction of sp³-hybridized carbons (Fsp3) is 0.714. The van der Waals surface area contributed by atoms with E-state index in [9.17, 15) is 0 Å². The third-order valence-electron chi connectivity index (χ3n) is 1.56. The summed E-state index contributed by atoms with van der Waals surface area (Å²) in [7, 11) is 0. The van der Waals surface area contributed by atoms with Gasteiger partial charge in [0.25, 0.3) is 0 Å². The van der Waals surface area contributed by atoms with Gasteiger partial charge in [-0.1, -0.05) is 5.57 Å². The van der Waals surface area contributed by atoms with Gasteiger partial charge in [0.1, 0.15) is 0 Å². The lowest BCUT2D eigenvalue weighted by molar-refractivity contribution is 0.886. The van der Waals surface area contributed by atoms with Gasteiger partial charge in [-0.15, -0.1) is 0 Å². The van der Waals surface area contributed by atoms with Gasteiger partial charge in [-0.2, -0.15) is 0 Å². The molecule has 1 aliphatic rings. The standard InChI is InChI=1S/C7H11/c1-2-7-5-3-4-6-7/h3-6H2,1H3. The summed E-state index contributed by atoms with van der Waals surface area (Å²) in [6.45, 7) is 2.01. The lowest BCUT2D eigenvalue weighted by Crippen LogP contribution is -1.65. The highest BCUT2D eigenvalue weighted by Crippen LogP contribution is 2.22. The predicted octanol–water partition coefficient (Wildman–Crippen LogP) is 2.31. The van der Waals surface area contributed by atoms with Crippen LogP contribution in [-0.4, -0.2) is 0 Å². The molecule has 0 saturated heterocycles. The van der Waals surface area contributed by atoms with Crippen LogP contribution in [0, 0.1) is 6.08 Å². The van der Waals surface area contributed by atoms with Gasteiger partial charge in [-0.25, -0.2) is 0 Å². The van der Waals surface area contributed by atoms with E-state index in [0.29, 0.717) is 0 Å². The largest absolute Gasteiger partial charge is 0.0670 e. The van der Waals surface area contributed by atoms with E-state index < -0.39 is 0 Å². The van der Waals surface area contributed by atoms with Crippen molar-refractivity contribution in [1.82, 2.24) is 0 Å². The summed E-state index contributed by atoms with van der Waals surface area (Å²) < 4.78 is 0. The molecule has 0 amide bonds. The smallest absolute Gasteiger partial charge is 0.0314 e. The van der Waals surface area contributed by atoms with Gasteiger partial charge in [0.05, 0.1) is 0 Å². The topological polar surface area (TPSA) is 0 Å². The first-order valence-electron chi connectivity index (χ1n) is 2.96. The minimum Gasteiger partial charge on any atom is -0.0670 e. The highest BCUT2D eigenvalue weighted by Gasteiger charge is 2.03. The number of rotatable bonds is 0. The molecule has 0 aromatic rings. The van der Waals surface area contributed by atoms with E-state index in [1.54, 1.807) is 5.57 Å². The van der Waals surface area contributed by atoms with Crippen LogP contribution in [-0.2, 0) is 0 Å². The molecule has 7 heavy (non-hydrogen) atoms. The van der Waals surface area contributed by atoms with Gasteiger partial charge in [-0.3, -0.25) is 0 Å². The van der Waals surface area contributed by atoms with E-state index in [1.165, 1.54) is 25.7 Å². The van der Waals surface area contributed by atoms with E-state index in [2.05, 4.69) is 6.08 Å². The molecule has 1 fully saturated rings. The van der Waals surface area contributed by atoms with E-state index in [0.717, 1.165) is 0 Å². The van der Waals surface area contributed by atoms with Gasteiger partial charge in [-0.05, 0) is 38.7 Å². The lowest BCUT2D eigenvalue weighted by atomic mass is 10.2. The maximum Gasteiger partial charge on any atom is -0.0314 e. The average Bonchev–Trinajstić information content (AvgIpc) is 2.14. The first-order chi connectivity index (χ1) is 3.43. The van der Waals surface area contributed by atoms with Crippen molar-refractivity contribution in [3.63, 3.8) is 0 Å². The molecule has 1 aliphatic carbocycles. The van der Waals surface area contributed by atoms with Crippen LogP contribution in [0.2, 0.25) is 0 Å². The van der Waals surface area contributed by atoms with E-state index in [-0.39, 0.29) is 0 Å². The van der Waals surface area contributed by atoms with Crippen LogP contribution in [0.1, 0.15) is 32.6 Å². The first-order valence-corrected chi connectivity index (χ1v) is 2.96. The van der Waals surface area contributed by atoms with Gasteiger partial charge in [0.2, 0.25) is 0 Å². The van der Waals surface area contributed by atoms with Crippen molar-refractivity contribution in [2.75, 3.05) is 0 Å². The molecule has 0 aliphatic heterocycles. The molecular formula is C7H11. The third-order valence-corrected chi connectivity index (χ3v) is 1.56. The van der Waals surface area contributed by atoms with Crippen LogP contribution in [0.25, 0.3) is 0 Å². The van der Waals surface area contributed by atoms with Crippen molar-refractivity contribution < 1.29 is 0 Å². The average molecular weight is 95.2 g/mol. The molecule has 0 atom stereocenters. The Morgan fingerprint density at radius 3 is 2.14 bits per heavy atom. The Morgan fingerprint density at radius 2 is 1.86 bits per heavy atom. The third kappa shape index (κ3) is 1.05. The number of allylic oxidation sites excluding steroid dienone is 2. The van der Waals surface area contributed by atoms with Crippen LogP contribution in [0.5, 0.6) is 0 Å². The summed E-state index contributed by atoms with van der Waals surface area (Å²) in [6, 6.07) is 0. The Labute approximate surface area is 45.2 Å². The number of hydrogen-bond acceptors (Lipinski definition) is 0. The fourth-order valence-corrected chi connectivity index (χ4v) is 1.05. The highest BCUT2D eigenvalue weighted by molar-refractivity contribution is 4.99. The van der Waals surface area contributed by atoms with Crippen molar-refractivity contribution in [2.45, 2.75) is 32.6 Å². The summed E-state index contributed by atoms with van der Waals surface area (Å²) in [5.41, 5.74) is 1.54. The zero-order valence-corrected chi connectivity index (χ0v) is 4.83. The van der Waals surface area contributed by atoms with Gasteiger partial charge in [0, 0.05) is 0 Å². The second-order valence-corrected chi connectivity index (χ2v) is 2.06. The number of hydrogen-bond donors (Lipinski definition) is 0. The molecule has 1 saturated carbocycles. The van der Waals surface area contributed by atoms with Crippen LogP contribution < -0.4 is 0 Å². The van der Waals surface area contributed by atoms with Gasteiger partial charge >= 0.3 is 0 Å². The van der Waals surface area contributed by atoms with Gasteiger partial charge < -0.3 is 0 Å². The Kier molecular flexibility index (Phi) is 1.50. The van der Waals surface area contributed by atoms with Gasteiger partial charge in [0.15, 0.2) is 0 Å². The molecule has 0 heterocycles. The zero-order valence-electron chi connectivity index (χ0n) is 4.83. The maximum atomic E-state index is 3.18.